The SMILES string of the molecule is Cc1ccc(-n2nc3c(c2NC(=O)C(=O)N2CCC[C@H](C)C2)CSC3)c(C)c1. The molecule has 1 aromatic carbocycles. The van der Waals surface area contributed by atoms with Crippen LogP contribution in [-0.2, 0) is 21.1 Å². The van der Waals surface area contributed by atoms with Crippen molar-refractivity contribution < 1.29 is 9.59 Å². The summed E-state index contributed by atoms with van der Waals surface area (Å²) < 4.78 is 1.79. The van der Waals surface area contributed by atoms with Crippen molar-refractivity contribution in [1.29, 1.82) is 0 Å². The number of piperidine rings is 1. The monoisotopic (exact) mass is 398 g/mol. The minimum absolute atomic E-state index is 0.437. The Bertz CT molecular complexity index is 937. The molecule has 3 heterocycles. The summed E-state index contributed by atoms with van der Waals surface area (Å²) in [5, 5.41) is 7.64. The molecular formula is C21H26N4O2S. The average molecular weight is 399 g/mol. The predicted octanol–water partition coefficient (Wildman–Crippen LogP) is 3.43. The van der Waals surface area contributed by atoms with Crippen molar-refractivity contribution in [3.63, 3.8) is 0 Å². The largest absolute Gasteiger partial charge is 0.334 e. The Balaban J connectivity index is 1.64. The number of nitrogens with one attached hydrogen (secondary N) is 1. The van der Waals surface area contributed by atoms with Gasteiger partial charge in [0.1, 0.15) is 5.82 Å². The number of anilines is 1. The second-order valence-electron chi connectivity index (χ2n) is 7.92. The smallest absolute Gasteiger partial charge is 0.315 e. The lowest BCUT2D eigenvalue weighted by atomic mass is 10.0. The molecule has 1 fully saturated rings. The molecule has 0 unspecified atom stereocenters. The highest BCUT2D eigenvalue weighted by atomic mass is 32.2. The first-order valence-corrected chi connectivity index (χ1v) is 11.0. The van der Waals surface area contributed by atoms with Gasteiger partial charge in [0, 0.05) is 30.2 Å². The van der Waals surface area contributed by atoms with Crippen LogP contribution in [0.3, 0.4) is 0 Å². The van der Waals surface area contributed by atoms with Crippen molar-refractivity contribution >= 4 is 29.4 Å². The summed E-state index contributed by atoms with van der Waals surface area (Å²) in [5.74, 6) is 1.68. The van der Waals surface area contributed by atoms with Crippen LogP contribution in [0, 0.1) is 19.8 Å². The van der Waals surface area contributed by atoms with Gasteiger partial charge in [0.2, 0.25) is 0 Å². The third-order valence-corrected chi connectivity index (χ3v) is 6.47. The summed E-state index contributed by atoms with van der Waals surface area (Å²) in [5.41, 5.74) is 5.20. The van der Waals surface area contributed by atoms with Crippen LogP contribution in [-0.4, -0.2) is 39.6 Å². The number of carbonyl (C=O) groups excluding carboxylic acids is 2. The molecule has 2 aliphatic heterocycles. The van der Waals surface area contributed by atoms with E-state index in [1.807, 2.05) is 19.1 Å². The lowest BCUT2D eigenvalue weighted by Crippen LogP contribution is -2.45. The first kappa shape index (κ1) is 19.1. The number of thioether (sulfide) groups is 1. The molecule has 0 radical (unpaired) electrons. The molecule has 2 aliphatic rings. The third kappa shape index (κ3) is 3.55. The third-order valence-electron chi connectivity index (χ3n) is 5.50. The molecule has 28 heavy (non-hydrogen) atoms. The van der Waals surface area contributed by atoms with Gasteiger partial charge in [-0.3, -0.25) is 9.59 Å². The molecule has 0 bridgehead atoms. The van der Waals surface area contributed by atoms with Gasteiger partial charge in [-0.05, 0) is 44.2 Å². The van der Waals surface area contributed by atoms with Crippen LogP contribution in [0.25, 0.3) is 5.69 Å². The Morgan fingerprint density at radius 2 is 2.07 bits per heavy atom. The average Bonchev–Trinajstić information content (AvgIpc) is 3.24. The Morgan fingerprint density at radius 3 is 2.82 bits per heavy atom. The van der Waals surface area contributed by atoms with E-state index in [4.69, 9.17) is 5.10 Å². The molecule has 2 aromatic rings. The van der Waals surface area contributed by atoms with Crippen LogP contribution in [0.1, 0.15) is 42.1 Å². The van der Waals surface area contributed by atoms with Gasteiger partial charge in [-0.25, -0.2) is 4.68 Å². The molecular weight excluding hydrogens is 372 g/mol. The maximum atomic E-state index is 12.8. The Kier molecular flexibility index (Phi) is 5.19. The summed E-state index contributed by atoms with van der Waals surface area (Å²) in [4.78, 5) is 27.2. The van der Waals surface area contributed by atoms with Gasteiger partial charge in [-0.2, -0.15) is 16.9 Å². The molecule has 148 valence electrons. The number of aryl methyl sites for hydroxylation is 2. The maximum absolute atomic E-state index is 12.8. The van der Waals surface area contributed by atoms with Gasteiger partial charge in [0.05, 0.1) is 11.4 Å². The molecule has 7 heteroatoms. The highest BCUT2D eigenvalue weighted by Crippen LogP contribution is 2.36. The summed E-state index contributed by atoms with van der Waals surface area (Å²) in [7, 11) is 0. The number of rotatable bonds is 2. The zero-order chi connectivity index (χ0) is 19.8. The first-order chi connectivity index (χ1) is 13.4. The van der Waals surface area contributed by atoms with E-state index in [1.54, 1.807) is 21.3 Å². The van der Waals surface area contributed by atoms with Gasteiger partial charge in [-0.15, -0.1) is 0 Å². The first-order valence-electron chi connectivity index (χ1n) is 9.80. The minimum Gasteiger partial charge on any atom is -0.334 e. The molecule has 1 N–H and O–H groups in total. The number of carbonyl (C=O) groups is 2. The van der Waals surface area contributed by atoms with Crippen molar-refractivity contribution in [2.24, 2.45) is 5.92 Å². The quantitative estimate of drug-likeness (QED) is 0.787. The normalized spacial score (nSPS) is 18.8. The van der Waals surface area contributed by atoms with E-state index in [-0.39, 0.29) is 0 Å². The molecule has 0 spiro atoms. The van der Waals surface area contributed by atoms with Crippen LogP contribution in [0.15, 0.2) is 18.2 Å². The summed E-state index contributed by atoms with van der Waals surface area (Å²) in [6.45, 7) is 7.52. The lowest BCUT2D eigenvalue weighted by molar-refractivity contribution is -0.144. The van der Waals surface area contributed by atoms with Gasteiger partial charge in [0.25, 0.3) is 0 Å². The van der Waals surface area contributed by atoms with E-state index in [0.717, 1.165) is 46.9 Å². The second-order valence-corrected chi connectivity index (χ2v) is 8.91. The fourth-order valence-electron chi connectivity index (χ4n) is 4.04. The van der Waals surface area contributed by atoms with Crippen molar-refractivity contribution in [2.45, 2.75) is 45.1 Å². The zero-order valence-electron chi connectivity index (χ0n) is 16.6. The van der Waals surface area contributed by atoms with E-state index in [0.29, 0.717) is 24.8 Å². The van der Waals surface area contributed by atoms with Gasteiger partial charge in [-0.1, -0.05) is 24.6 Å². The molecule has 0 aliphatic carbocycles. The Hall–Kier alpha value is -2.28. The molecule has 4 rings (SSSR count). The van der Waals surface area contributed by atoms with Gasteiger partial charge < -0.3 is 10.2 Å². The number of aromatic nitrogens is 2. The molecule has 1 aromatic heterocycles. The van der Waals surface area contributed by atoms with E-state index >= 15 is 0 Å². The van der Waals surface area contributed by atoms with Crippen molar-refractivity contribution in [2.75, 3.05) is 18.4 Å². The van der Waals surface area contributed by atoms with Gasteiger partial charge >= 0.3 is 11.8 Å². The van der Waals surface area contributed by atoms with E-state index < -0.39 is 11.8 Å². The number of likely N-dealkylation sites (tertiary alicyclic amines) is 1. The number of hydrogen-bond acceptors (Lipinski definition) is 4. The highest BCUT2D eigenvalue weighted by Gasteiger charge is 2.30. The highest BCUT2D eigenvalue weighted by molar-refractivity contribution is 7.98. The van der Waals surface area contributed by atoms with Crippen LogP contribution >= 0.6 is 11.8 Å². The minimum atomic E-state index is -0.570. The van der Waals surface area contributed by atoms with Crippen molar-refractivity contribution in [3.8, 4) is 5.69 Å². The number of hydrogen-bond donors (Lipinski definition) is 1. The molecule has 1 saturated heterocycles. The van der Waals surface area contributed by atoms with E-state index in [9.17, 15) is 9.59 Å². The van der Waals surface area contributed by atoms with E-state index in [2.05, 4.69) is 25.2 Å². The van der Waals surface area contributed by atoms with Gasteiger partial charge in [0.15, 0.2) is 0 Å². The Morgan fingerprint density at radius 1 is 1.25 bits per heavy atom. The number of amides is 2. The number of fused-ring (bicyclic) bond motifs is 1. The molecule has 0 saturated carbocycles. The Labute approximate surface area is 169 Å². The summed E-state index contributed by atoms with van der Waals surface area (Å²) in [6, 6.07) is 6.16. The lowest BCUT2D eigenvalue weighted by Gasteiger charge is -2.30. The number of nitrogens with zero attached hydrogens (tertiary/aromatic N) is 3. The summed E-state index contributed by atoms with van der Waals surface area (Å²) in [6.07, 6.45) is 2.06. The van der Waals surface area contributed by atoms with Crippen LogP contribution in [0.4, 0.5) is 5.82 Å². The standard InChI is InChI=1S/C21H26N4O2S/c1-13-6-7-18(15(3)9-13)25-19(16-11-28-12-17(16)23-25)22-20(26)21(27)24-8-4-5-14(2)10-24/h6-7,9,14H,4-5,8,10-12H2,1-3H3,(H,22,26)/t14-/m0/s1. The summed E-state index contributed by atoms with van der Waals surface area (Å²) >= 11 is 1.78. The molecule has 6 nitrogen and oxygen atoms in total. The molecule has 1 atom stereocenters. The van der Waals surface area contributed by atoms with Crippen molar-refractivity contribution in [1.82, 2.24) is 14.7 Å². The van der Waals surface area contributed by atoms with Crippen LogP contribution in [0.2, 0.25) is 0 Å². The van der Waals surface area contributed by atoms with E-state index in [1.165, 1.54) is 5.56 Å². The topological polar surface area (TPSA) is 67.2 Å². The zero-order valence-corrected chi connectivity index (χ0v) is 17.4. The second kappa shape index (κ2) is 7.62. The van der Waals surface area contributed by atoms with Crippen LogP contribution < -0.4 is 5.32 Å². The fraction of sp³-hybridized carbons (Fsp3) is 0.476. The van der Waals surface area contributed by atoms with Crippen LogP contribution in [0.5, 0.6) is 0 Å². The fourth-order valence-corrected chi connectivity index (χ4v) is 5.07. The number of benzene rings is 1. The maximum Gasteiger partial charge on any atom is 0.315 e. The van der Waals surface area contributed by atoms with Crippen molar-refractivity contribution in [3.05, 3.63) is 40.6 Å². The molecule has 2 amide bonds. The predicted molar refractivity (Wildman–Crippen MR) is 112 cm³/mol.